The van der Waals surface area contributed by atoms with Crippen molar-refractivity contribution in [2.24, 2.45) is 5.10 Å². The first kappa shape index (κ1) is 17.5. The highest BCUT2D eigenvalue weighted by Crippen LogP contribution is 2.22. The van der Waals surface area contributed by atoms with Crippen LogP contribution in [-0.4, -0.2) is 25.8 Å². The number of ether oxygens (including phenoxy) is 2. The summed E-state index contributed by atoms with van der Waals surface area (Å²) in [6, 6.07) is 11.1. The van der Waals surface area contributed by atoms with E-state index in [2.05, 4.69) is 23.5 Å². The third-order valence-corrected chi connectivity index (χ3v) is 3.86. The summed E-state index contributed by atoms with van der Waals surface area (Å²) in [6.07, 6.45) is 0. The lowest BCUT2D eigenvalue weighted by atomic mass is 10.0. The van der Waals surface area contributed by atoms with Gasteiger partial charge in [0.25, 0.3) is 5.91 Å². The van der Waals surface area contributed by atoms with E-state index in [4.69, 9.17) is 9.47 Å². The van der Waals surface area contributed by atoms with Crippen molar-refractivity contribution >= 4 is 11.6 Å². The molecule has 5 heteroatoms. The van der Waals surface area contributed by atoms with Crippen LogP contribution in [0.15, 0.2) is 41.5 Å². The molecule has 1 N–H and O–H groups in total. The third kappa shape index (κ3) is 4.13. The molecule has 2 aromatic rings. The van der Waals surface area contributed by atoms with Gasteiger partial charge in [0.05, 0.1) is 19.9 Å². The molecule has 0 aliphatic heterocycles. The van der Waals surface area contributed by atoms with Crippen LogP contribution in [0.25, 0.3) is 0 Å². The van der Waals surface area contributed by atoms with Crippen LogP contribution in [0.4, 0.5) is 0 Å². The zero-order valence-corrected chi connectivity index (χ0v) is 14.6. The Morgan fingerprint density at radius 1 is 0.917 bits per heavy atom. The molecule has 0 saturated carbocycles. The highest BCUT2D eigenvalue weighted by molar-refractivity contribution is 6.01. The predicted molar refractivity (Wildman–Crippen MR) is 95.1 cm³/mol. The Balaban J connectivity index is 2.18. The highest BCUT2D eigenvalue weighted by Gasteiger charge is 2.10. The maximum atomic E-state index is 12.3. The molecule has 0 unspecified atom stereocenters. The van der Waals surface area contributed by atoms with Crippen LogP contribution >= 0.6 is 0 Å². The summed E-state index contributed by atoms with van der Waals surface area (Å²) in [7, 11) is 3.08. The van der Waals surface area contributed by atoms with Crippen molar-refractivity contribution in [3.63, 3.8) is 0 Å². The van der Waals surface area contributed by atoms with Gasteiger partial charge in [0.15, 0.2) is 0 Å². The minimum Gasteiger partial charge on any atom is -0.497 e. The Bertz CT molecular complexity index is 760. The fourth-order valence-corrected chi connectivity index (χ4v) is 2.17. The van der Waals surface area contributed by atoms with Crippen molar-refractivity contribution < 1.29 is 14.3 Å². The van der Waals surface area contributed by atoms with Gasteiger partial charge < -0.3 is 9.47 Å². The summed E-state index contributed by atoms with van der Waals surface area (Å²) >= 11 is 0. The quantitative estimate of drug-likeness (QED) is 0.676. The van der Waals surface area contributed by atoms with Crippen molar-refractivity contribution in [1.29, 1.82) is 0 Å². The van der Waals surface area contributed by atoms with E-state index in [-0.39, 0.29) is 5.91 Å². The minimum absolute atomic E-state index is 0.324. The Morgan fingerprint density at radius 2 is 1.54 bits per heavy atom. The van der Waals surface area contributed by atoms with Crippen LogP contribution in [0.3, 0.4) is 0 Å². The van der Waals surface area contributed by atoms with Crippen molar-refractivity contribution in [2.75, 3.05) is 14.2 Å². The predicted octanol–water partition coefficient (Wildman–Crippen LogP) is 3.47. The van der Waals surface area contributed by atoms with Gasteiger partial charge in [-0.3, -0.25) is 4.79 Å². The number of rotatable bonds is 5. The standard InChI is InChI=1S/C19H22N2O3/c1-12-6-7-15(8-13(12)2)14(3)20-21-19(22)16-9-17(23-4)11-18(10-16)24-5/h6-11H,1-5H3,(H,21,22)/b20-14-. The number of nitrogens with one attached hydrogen (secondary N) is 1. The minimum atomic E-state index is -0.324. The molecule has 0 saturated heterocycles. The topological polar surface area (TPSA) is 59.9 Å². The van der Waals surface area contributed by atoms with E-state index in [0.717, 1.165) is 11.3 Å². The molecule has 0 heterocycles. The number of carbonyl (C=O) groups is 1. The van der Waals surface area contributed by atoms with Gasteiger partial charge in [0.1, 0.15) is 11.5 Å². The average Bonchev–Trinajstić information content (AvgIpc) is 2.60. The fraction of sp³-hybridized carbons (Fsp3) is 0.263. The Morgan fingerprint density at radius 3 is 2.08 bits per heavy atom. The van der Waals surface area contributed by atoms with Gasteiger partial charge in [-0.25, -0.2) is 5.43 Å². The van der Waals surface area contributed by atoms with E-state index in [1.54, 1.807) is 32.4 Å². The van der Waals surface area contributed by atoms with Gasteiger partial charge in [0, 0.05) is 11.6 Å². The molecule has 0 aromatic heterocycles. The maximum Gasteiger partial charge on any atom is 0.271 e. The first-order valence-corrected chi connectivity index (χ1v) is 7.60. The number of carbonyl (C=O) groups excluding carboxylic acids is 1. The summed E-state index contributed by atoms with van der Waals surface area (Å²) < 4.78 is 10.3. The number of hydrogen-bond donors (Lipinski definition) is 1. The molecule has 126 valence electrons. The van der Waals surface area contributed by atoms with E-state index in [1.807, 2.05) is 26.0 Å². The lowest BCUT2D eigenvalue weighted by molar-refractivity contribution is 0.0954. The van der Waals surface area contributed by atoms with Crippen molar-refractivity contribution in [3.8, 4) is 11.5 Å². The van der Waals surface area contributed by atoms with E-state index in [1.165, 1.54) is 11.1 Å². The van der Waals surface area contributed by atoms with Crippen molar-refractivity contribution in [1.82, 2.24) is 5.43 Å². The molecule has 0 fully saturated rings. The molecule has 0 aliphatic rings. The molecule has 5 nitrogen and oxygen atoms in total. The molecule has 24 heavy (non-hydrogen) atoms. The third-order valence-electron chi connectivity index (χ3n) is 3.86. The molecule has 1 amide bonds. The van der Waals surface area contributed by atoms with Crippen molar-refractivity contribution in [3.05, 3.63) is 58.7 Å². The van der Waals surface area contributed by atoms with Gasteiger partial charge in [0.2, 0.25) is 0 Å². The summed E-state index contributed by atoms with van der Waals surface area (Å²) in [5, 5.41) is 4.19. The number of amides is 1. The van der Waals surface area contributed by atoms with Crippen LogP contribution in [0.5, 0.6) is 11.5 Å². The second-order valence-electron chi connectivity index (χ2n) is 5.54. The molecule has 0 aliphatic carbocycles. The SMILES string of the molecule is COc1cc(OC)cc(C(=O)N/N=C(/C)c2ccc(C)c(C)c2)c1. The number of hydrazone groups is 1. The van der Waals surface area contributed by atoms with E-state index >= 15 is 0 Å². The zero-order valence-electron chi connectivity index (χ0n) is 14.6. The Labute approximate surface area is 142 Å². The molecular weight excluding hydrogens is 304 g/mol. The monoisotopic (exact) mass is 326 g/mol. The summed E-state index contributed by atoms with van der Waals surface area (Å²) in [5.74, 6) is 0.777. The van der Waals surface area contributed by atoms with Crippen LogP contribution in [0, 0.1) is 13.8 Å². The molecule has 2 rings (SSSR count). The highest BCUT2D eigenvalue weighted by atomic mass is 16.5. The first-order valence-electron chi connectivity index (χ1n) is 7.60. The Kier molecular flexibility index (Phi) is 5.58. The molecule has 0 radical (unpaired) electrons. The van der Waals surface area contributed by atoms with Crippen molar-refractivity contribution in [2.45, 2.75) is 20.8 Å². The van der Waals surface area contributed by atoms with E-state index in [0.29, 0.717) is 17.1 Å². The van der Waals surface area contributed by atoms with Gasteiger partial charge in [-0.15, -0.1) is 0 Å². The average molecular weight is 326 g/mol. The number of nitrogens with zero attached hydrogens (tertiary/aromatic N) is 1. The second-order valence-corrected chi connectivity index (χ2v) is 5.54. The molecule has 0 bridgehead atoms. The fourth-order valence-electron chi connectivity index (χ4n) is 2.17. The van der Waals surface area contributed by atoms with Gasteiger partial charge in [-0.1, -0.05) is 12.1 Å². The van der Waals surface area contributed by atoms with Gasteiger partial charge in [-0.05, 0) is 55.7 Å². The smallest absolute Gasteiger partial charge is 0.271 e. The lowest BCUT2D eigenvalue weighted by Gasteiger charge is -2.08. The van der Waals surface area contributed by atoms with Crippen LogP contribution in [0.1, 0.15) is 34.0 Å². The Hall–Kier alpha value is -2.82. The zero-order chi connectivity index (χ0) is 17.7. The lowest BCUT2D eigenvalue weighted by Crippen LogP contribution is -2.19. The number of hydrogen-bond acceptors (Lipinski definition) is 4. The number of aryl methyl sites for hydroxylation is 2. The molecule has 2 aromatic carbocycles. The van der Waals surface area contributed by atoms with Crippen LogP contribution < -0.4 is 14.9 Å². The normalized spacial score (nSPS) is 11.1. The number of benzene rings is 2. The summed E-state index contributed by atoms with van der Waals surface area (Å²) in [6.45, 7) is 5.97. The second kappa shape index (κ2) is 7.64. The largest absolute Gasteiger partial charge is 0.497 e. The maximum absolute atomic E-state index is 12.3. The molecule has 0 atom stereocenters. The van der Waals surface area contributed by atoms with Crippen LogP contribution in [-0.2, 0) is 0 Å². The molecular formula is C19H22N2O3. The number of methoxy groups -OCH3 is 2. The van der Waals surface area contributed by atoms with Crippen LogP contribution in [0.2, 0.25) is 0 Å². The van der Waals surface area contributed by atoms with E-state index < -0.39 is 0 Å². The van der Waals surface area contributed by atoms with E-state index in [9.17, 15) is 4.79 Å². The summed E-state index contributed by atoms with van der Waals surface area (Å²) in [5.41, 5.74) is 7.11. The van der Waals surface area contributed by atoms with Gasteiger partial charge >= 0.3 is 0 Å². The first-order chi connectivity index (χ1) is 11.4. The molecule has 0 spiro atoms. The summed E-state index contributed by atoms with van der Waals surface area (Å²) in [4.78, 5) is 12.3. The van der Waals surface area contributed by atoms with Gasteiger partial charge in [-0.2, -0.15) is 5.10 Å².